The summed E-state index contributed by atoms with van der Waals surface area (Å²) in [5.74, 6) is 1.41. The zero-order chi connectivity index (χ0) is 14.8. The first-order chi connectivity index (χ1) is 10.2. The zero-order valence-electron chi connectivity index (χ0n) is 12.3. The molecule has 0 spiro atoms. The van der Waals surface area contributed by atoms with Crippen molar-refractivity contribution in [3.63, 3.8) is 0 Å². The number of hydrogen-bond donors (Lipinski definition) is 1. The van der Waals surface area contributed by atoms with Gasteiger partial charge in [0, 0.05) is 24.6 Å². The SMILES string of the molecule is CCCn1cncc1C1C[C@@H](O)c2ccc(OC)cc2O1. The first-order valence-electron chi connectivity index (χ1n) is 7.25. The molecule has 0 amide bonds. The molecule has 112 valence electrons. The van der Waals surface area contributed by atoms with Gasteiger partial charge >= 0.3 is 0 Å². The van der Waals surface area contributed by atoms with Crippen LogP contribution in [0.3, 0.4) is 0 Å². The number of nitrogens with zero attached hydrogens (tertiary/aromatic N) is 2. The van der Waals surface area contributed by atoms with Crippen molar-refractivity contribution < 1.29 is 14.6 Å². The maximum atomic E-state index is 10.4. The van der Waals surface area contributed by atoms with Crippen LogP contribution in [0.2, 0.25) is 0 Å². The maximum Gasteiger partial charge on any atom is 0.143 e. The van der Waals surface area contributed by atoms with Crippen LogP contribution in [0.25, 0.3) is 0 Å². The fourth-order valence-electron chi connectivity index (χ4n) is 2.76. The van der Waals surface area contributed by atoms with Crippen molar-refractivity contribution in [3.05, 3.63) is 42.0 Å². The van der Waals surface area contributed by atoms with Gasteiger partial charge in [0.25, 0.3) is 0 Å². The minimum Gasteiger partial charge on any atom is -0.497 e. The second-order valence-corrected chi connectivity index (χ2v) is 5.27. The smallest absolute Gasteiger partial charge is 0.143 e. The maximum absolute atomic E-state index is 10.4. The molecular formula is C16H20N2O3. The third-order valence-electron chi connectivity index (χ3n) is 3.83. The number of aromatic nitrogens is 2. The van der Waals surface area contributed by atoms with Gasteiger partial charge in [0.15, 0.2) is 0 Å². The number of methoxy groups -OCH3 is 1. The molecule has 2 atom stereocenters. The number of ether oxygens (including phenoxy) is 2. The molecule has 0 saturated heterocycles. The zero-order valence-corrected chi connectivity index (χ0v) is 12.3. The van der Waals surface area contributed by atoms with E-state index in [-0.39, 0.29) is 6.10 Å². The van der Waals surface area contributed by atoms with Gasteiger partial charge < -0.3 is 19.1 Å². The highest BCUT2D eigenvalue weighted by molar-refractivity contribution is 5.43. The van der Waals surface area contributed by atoms with Crippen LogP contribution in [0.5, 0.6) is 11.5 Å². The van der Waals surface area contributed by atoms with E-state index in [9.17, 15) is 5.11 Å². The van der Waals surface area contributed by atoms with E-state index in [0.717, 1.165) is 30.0 Å². The Balaban J connectivity index is 1.91. The number of fused-ring (bicyclic) bond motifs is 1. The lowest BCUT2D eigenvalue weighted by molar-refractivity contribution is 0.0616. The number of benzene rings is 1. The summed E-state index contributed by atoms with van der Waals surface area (Å²) in [7, 11) is 1.62. The molecule has 5 nitrogen and oxygen atoms in total. The van der Waals surface area contributed by atoms with Crippen LogP contribution < -0.4 is 9.47 Å². The minimum absolute atomic E-state index is 0.186. The van der Waals surface area contributed by atoms with E-state index in [1.54, 1.807) is 7.11 Å². The van der Waals surface area contributed by atoms with Gasteiger partial charge in [0.05, 0.1) is 31.4 Å². The van der Waals surface area contributed by atoms with Gasteiger partial charge in [-0.05, 0) is 18.6 Å². The highest BCUT2D eigenvalue weighted by Crippen LogP contribution is 2.42. The Morgan fingerprint density at radius 2 is 2.33 bits per heavy atom. The number of imidazole rings is 1. The van der Waals surface area contributed by atoms with Crippen LogP contribution in [0.4, 0.5) is 0 Å². The lowest BCUT2D eigenvalue weighted by Crippen LogP contribution is -2.21. The number of rotatable bonds is 4. The largest absolute Gasteiger partial charge is 0.497 e. The predicted molar refractivity (Wildman–Crippen MR) is 78.5 cm³/mol. The van der Waals surface area contributed by atoms with E-state index in [2.05, 4.69) is 16.5 Å². The van der Waals surface area contributed by atoms with E-state index < -0.39 is 6.10 Å². The average molecular weight is 288 g/mol. The Bertz CT molecular complexity index is 624. The summed E-state index contributed by atoms with van der Waals surface area (Å²) in [6, 6.07) is 5.52. The lowest BCUT2D eigenvalue weighted by Gasteiger charge is -2.30. The Hall–Kier alpha value is -2.01. The number of hydrogen-bond acceptors (Lipinski definition) is 4. The summed E-state index contributed by atoms with van der Waals surface area (Å²) in [6.07, 6.45) is 4.48. The molecule has 3 rings (SSSR count). The summed E-state index contributed by atoms with van der Waals surface area (Å²) in [5.41, 5.74) is 1.82. The molecule has 0 fully saturated rings. The Labute approximate surface area is 124 Å². The molecule has 0 aliphatic carbocycles. The van der Waals surface area contributed by atoms with E-state index in [1.807, 2.05) is 30.7 Å². The molecule has 0 radical (unpaired) electrons. The Morgan fingerprint density at radius 1 is 1.48 bits per heavy atom. The van der Waals surface area contributed by atoms with Gasteiger partial charge in [-0.15, -0.1) is 0 Å². The van der Waals surface area contributed by atoms with E-state index >= 15 is 0 Å². The van der Waals surface area contributed by atoms with Gasteiger partial charge in [-0.3, -0.25) is 0 Å². The average Bonchev–Trinajstić information content (AvgIpc) is 2.95. The Morgan fingerprint density at radius 3 is 3.10 bits per heavy atom. The molecule has 5 heteroatoms. The molecule has 1 aromatic heterocycles. The van der Waals surface area contributed by atoms with Gasteiger partial charge in [-0.2, -0.15) is 0 Å². The van der Waals surface area contributed by atoms with Crippen molar-refractivity contribution in [1.82, 2.24) is 9.55 Å². The van der Waals surface area contributed by atoms with Gasteiger partial charge in [-0.1, -0.05) is 6.92 Å². The van der Waals surface area contributed by atoms with Crippen molar-refractivity contribution in [1.29, 1.82) is 0 Å². The predicted octanol–water partition coefficient (Wildman–Crippen LogP) is 2.86. The number of aryl methyl sites for hydroxylation is 1. The highest BCUT2D eigenvalue weighted by Gasteiger charge is 2.30. The van der Waals surface area contributed by atoms with E-state index in [0.29, 0.717) is 12.2 Å². The third-order valence-corrected chi connectivity index (χ3v) is 3.83. The molecule has 2 aromatic rings. The molecule has 2 heterocycles. The fraction of sp³-hybridized carbons (Fsp3) is 0.438. The topological polar surface area (TPSA) is 56.5 Å². The van der Waals surface area contributed by atoms with Crippen molar-refractivity contribution in [2.24, 2.45) is 0 Å². The lowest BCUT2D eigenvalue weighted by atomic mass is 9.97. The van der Waals surface area contributed by atoms with Crippen LogP contribution in [-0.4, -0.2) is 21.8 Å². The number of aliphatic hydroxyl groups excluding tert-OH is 1. The first-order valence-corrected chi connectivity index (χ1v) is 7.25. The molecule has 0 saturated carbocycles. The van der Waals surface area contributed by atoms with Crippen molar-refractivity contribution in [2.75, 3.05) is 7.11 Å². The normalized spacial score (nSPS) is 20.7. The summed E-state index contributed by atoms with van der Waals surface area (Å²) < 4.78 is 13.4. The molecule has 1 aliphatic heterocycles. The first kappa shape index (κ1) is 13.9. The van der Waals surface area contributed by atoms with Gasteiger partial charge in [0.1, 0.15) is 17.6 Å². The highest BCUT2D eigenvalue weighted by atomic mass is 16.5. The second-order valence-electron chi connectivity index (χ2n) is 5.27. The third kappa shape index (κ3) is 2.61. The molecule has 21 heavy (non-hydrogen) atoms. The summed E-state index contributed by atoms with van der Waals surface area (Å²) in [5, 5.41) is 10.4. The number of aliphatic hydroxyl groups is 1. The summed E-state index contributed by atoms with van der Waals surface area (Å²) in [6.45, 7) is 3.02. The molecule has 1 N–H and O–H groups in total. The summed E-state index contributed by atoms with van der Waals surface area (Å²) in [4.78, 5) is 4.21. The van der Waals surface area contributed by atoms with Crippen molar-refractivity contribution in [2.45, 2.75) is 38.5 Å². The van der Waals surface area contributed by atoms with Crippen LogP contribution in [0.15, 0.2) is 30.7 Å². The fourth-order valence-corrected chi connectivity index (χ4v) is 2.76. The monoisotopic (exact) mass is 288 g/mol. The van der Waals surface area contributed by atoms with Crippen molar-refractivity contribution in [3.8, 4) is 11.5 Å². The molecule has 0 bridgehead atoms. The second kappa shape index (κ2) is 5.77. The quantitative estimate of drug-likeness (QED) is 0.940. The summed E-state index contributed by atoms with van der Waals surface area (Å²) >= 11 is 0. The standard InChI is InChI=1S/C16H20N2O3/c1-3-6-18-10-17-9-13(18)16-8-14(19)12-5-4-11(20-2)7-15(12)21-16/h4-5,7,9-10,14,16,19H,3,6,8H2,1-2H3/t14-,16?/m1/s1. The van der Waals surface area contributed by atoms with Crippen molar-refractivity contribution >= 4 is 0 Å². The van der Waals surface area contributed by atoms with E-state index in [1.165, 1.54) is 0 Å². The minimum atomic E-state index is -0.533. The molecule has 1 aliphatic rings. The van der Waals surface area contributed by atoms with Gasteiger partial charge in [0.2, 0.25) is 0 Å². The van der Waals surface area contributed by atoms with E-state index in [4.69, 9.17) is 9.47 Å². The van der Waals surface area contributed by atoms with Gasteiger partial charge in [-0.25, -0.2) is 4.98 Å². The van der Waals surface area contributed by atoms with Crippen LogP contribution in [-0.2, 0) is 6.54 Å². The Kier molecular flexibility index (Phi) is 3.84. The molecule has 1 unspecified atom stereocenters. The van der Waals surface area contributed by atoms with Crippen LogP contribution in [0.1, 0.15) is 43.2 Å². The van der Waals surface area contributed by atoms with Crippen LogP contribution in [0, 0.1) is 0 Å². The van der Waals surface area contributed by atoms with Crippen LogP contribution >= 0.6 is 0 Å². The molecule has 1 aromatic carbocycles. The molecular weight excluding hydrogens is 268 g/mol.